The Morgan fingerprint density at radius 3 is 1.91 bits per heavy atom. The number of hydrogen-bond acceptors (Lipinski definition) is 1. The average molecular weight is 621 g/mol. The zero-order valence-electron chi connectivity index (χ0n) is 25.0. The number of rotatable bonds is 10. The van der Waals surface area contributed by atoms with Crippen LogP contribution in [0.3, 0.4) is 0 Å². The van der Waals surface area contributed by atoms with Crippen LogP contribution in [-0.2, 0) is 6.42 Å². The van der Waals surface area contributed by atoms with Crippen molar-refractivity contribution in [2.75, 3.05) is 0 Å². The first-order valence-electron chi connectivity index (χ1n) is 15.8. The minimum Gasteiger partial charge on any atom is -0.432 e. The van der Waals surface area contributed by atoms with Crippen molar-refractivity contribution in [2.45, 2.75) is 96.0 Å². The van der Waals surface area contributed by atoms with Crippen molar-refractivity contribution >= 4 is 0 Å². The normalized spacial score (nSPS) is 22.6. The number of aryl methyl sites for hydroxylation is 1. The Morgan fingerprint density at radius 1 is 0.682 bits per heavy atom. The molecule has 0 atom stereocenters. The summed E-state index contributed by atoms with van der Waals surface area (Å²) in [7, 11) is 0. The van der Waals surface area contributed by atoms with Crippen molar-refractivity contribution in [3.63, 3.8) is 0 Å². The van der Waals surface area contributed by atoms with E-state index < -0.39 is 41.0 Å². The van der Waals surface area contributed by atoms with E-state index in [-0.39, 0.29) is 35.7 Å². The third-order valence-electron chi connectivity index (χ3n) is 9.75. The fourth-order valence-corrected chi connectivity index (χ4v) is 7.21. The molecular formula is C36H39F7O. The first-order valence-corrected chi connectivity index (χ1v) is 15.8. The molecule has 2 saturated carbocycles. The molecule has 44 heavy (non-hydrogen) atoms. The summed E-state index contributed by atoms with van der Waals surface area (Å²) in [5.74, 6) is -6.24. The maximum absolute atomic E-state index is 15.1. The van der Waals surface area contributed by atoms with E-state index in [9.17, 15) is 22.0 Å². The minimum absolute atomic E-state index is 0.113. The molecule has 0 N–H and O–H groups in total. The van der Waals surface area contributed by atoms with E-state index >= 15 is 8.78 Å². The fourth-order valence-electron chi connectivity index (χ4n) is 7.21. The van der Waals surface area contributed by atoms with Crippen molar-refractivity contribution in [3.8, 4) is 16.9 Å². The molecule has 2 aliphatic carbocycles. The second-order valence-electron chi connectivity index (χ2n) is 12.6. The van der Waals surface area contributed by atoms with Gasteiger partial charge in [0.25, 0.3) is 0 Å². The summed E-state index contributed by atoms with van der Waals surface area (Å²) >= 11 is 0. The second kappa shape index (κ2) is 13.9. The third-order valence-corrected chi connectivity index (χ3v) is 9.75. The molecule has 0 radical (unpaired) electrons. The maximum Gasteiger partial charge on any atom is 0.400 e. The van der Waals surface area contributed by atoms with Crippen molar-refractivity contribution < 1.29 is 35.5 Å². The SMILES string of the molecule is CCCCCc1ccc(C2CCC(C3CCC(C(F)(F)Oc4ccc(-c5cc(F)c(F)c(F)c5)c(F)c4)CC3)CC2)c(F)c1. The van der Waals surface area contributed by atoms with Crippen molar-refractivity contribution in [2.24, 2.45) is 17.8 Å². The lowest BCUT2D eigenvalue weighted by Crippen LogP contribution is -2.38. The Labute approximate surface area is 254 Å². The van der Waals surface area contributed by atoms with Gasteiger partial charge < -0.3 is 4.74 Å². The molecule has 5 rings (SSSR count). The van der Waals surface area contributed by atoms with Gasteiger partial charge in [0.05, 0.1) is 5.92 Å². The van der Waals surface area contributed by atoms with Gasteiger partial charge in [-0.25, -0.2) is 22.0 Å². The van der Waals surface area contributed by atoms with Gasteiger partial charge in [-0.3, -0.25) is 0 Å². The summed E-state index contributed by atoms with van der Waals surface area (Å²) in [5.41, 5.74) is 1.32. The molecule has 3 aromatic rings. The molecule has 2 aliphatic rings. The second-order valence-corrected chi connectivity index (χ2v) is 12.6. The highest BCUT2D eigenvalue weighted by molar-refractivity contribution is 5.65. The first-order chi connectivity index (χ1) is 21.1. The summed E-state index contributed by atoms with van der Waals surface area (Å²) in [4.78, 5) is 0. The van der Waals surface area contributed by atoms with Crippen molar-refractivity contribution in [3.05, 3.63) is 88.7 Å². The Bertz CT molecular complexity index is 1400. The highest BCUT2D eigenvalue weighted by Gasteiger charge is 2.45. The van der Waals surface area contributed by atoms with E-state index in [4.69, 9.17) is 4.74 Å². The third kappa shape index (κ3) is 7.43. The van der Waals surface area contributed by atoms with Gasteiger partial charge in [-0.05, 0) is 129 Å². The molecule has 0 aliphatic heterocycles. The summed E-state index contributed by atoms with van der Waals surface area (Å²) in [6, 6.07) is 9.92. The standard InChI is InChI=1S/C36H39F7O/c1-2-3-4-5-22-6-16-29(31(37)18-22)25-9-7-23(8-10-25)24-11-13-27(14-12-24)36(42,43)44-28-15-17-30(32(38)21-28)26-19-33(39)35(41)34(40)20-26/h6,15-21,23-25,27H,2-5,7-14H2,1H3. The van der Waals surface area contributed by atoms with Crippen LogP contribution in [0.1, 0.15) is 94.6 Å². The molecule has 0 amide bonds. The summed E-state index contributed by atoms with van der Waals surface area (Å²) in [6.07, 6.45) is 6.28. The van der Waals surface area contributed by atoms with E-state index in [1.54, 1.807) is 6.07 Å². The van der Waals surface area contributed by atoms with Crippen LogP contribution in [0.4, 0.5) is 30.7 Å². The first kappa shape index (κ1) is 32.4. The van der Waals surface area contributed by atoms with Crippen LogP contribution in [-0.4, -0.2) is 6.11 Å². The summed E-state index contributed by atoms with van der Waals surface area (Å²) < 4.78 is 105. The number of hydrogen-bond donors (Lipinski definition) is 0. The van der Waals surface area contributed by atoms with Gasteiger partial charge in [0.1, 0.15) is 17.4 Å². The quantitative estimate of drug-likeness (QED) is 0.124. The molecule has 0 saturated heterocycles. The lowest BCUT2D eigenvalue weighted by atomic mass is 9.68. The molecule has 1 nitrogen and oxygen atoms in total. The zero-order valence-corrected chi connectivity index (χ0v) is 25.0. The van der Waals surface area contributed by atoms with Gasteiger partial charge in [-0.2, -0.15) is 8.78 Å². The molecule has 0 spiro atoms. The fraction of sp³-hybridized carbons (Fsp3) is 0.500. The molecule has 0 unspecified atom stereocenters. The Hall–Kier alpha value is -3.03. The number of alkyl halides is 2. The summed E-state index contributed by atoms with van der Waals surface area (Å²) in [6.45, 7) is 2.15. The predicted molar refractivity (Wildman–Crippen MR) is 157 cm³/mol. The highest BCUT2D eigenvalue weighted by Crippen LogP contribution is 2.47. The lowest BCUT2D eigenvalue weighted by molar-refractivity contribution is -0.224. The van der Waals surface area contributed by atoms with Crippen LogP contribution in [0.5, 0.6) is 5.75 Å². The number of halogens is 7. The number of unbranched alkanes of at least 4 members (excludes halogenated alkanes) is 2. The van der Waals surface area contributed by atoms with Crippen LogP contribution >= 0.6 is 0 Å². The molecular weight excluding hydrogens is 581 g/mol. The lowest BCUT2D eigenvalue weighted by Gasteiger charge is -2.39. The predicted octanol–water partition coefficient (Wildman–Crippen LogP) is 11.5. The van der Waals surface area contributed by atoms with E-state index in [1.807, 2.05) is 6.07 Å². The number of ether oxygens (including phenoxy) is 1. The molecule has 0 bridgehead atoms. The molecule has 3 aromatic carbocycles. The van der Waals surface area contributed by atoms with Crippen molar-refractivity contribution in [1.29, 1.82) is 0 Å². The van der Waals surface area contributed by atoms with Crippen LogP contribution in [0.15, 0.2) is 48.5 Å². The molecule has 0 aromatic heterocycles. The topological polar surface area (TPSA) is 9.23 Å². The van der Waals surface area contributed by atoms with Crippen LogP contribution in [0, 0.1) is 46.8 Å². The maximum atomic E-state index is 15.1. The molecule has 238 valence electrons. The average Bonchev–Trinajstić information content (AvgIpc) is 3.00. The van der Waals surface area contributed by atoms with E-state index in [0.717, 1.165) is 80.7 Å². The van der Waals surface area contributed by atoms with Crippen LogP contribution in [0.2, 0.25) is 0 Å². The van der Waals surface area contributed by atoms with Gasteiger partial charge in [-0.1, -0.05) is 31.9 Å². The van der Waals surface area contributed by atoms with Gasteiger partial charge in [0, 0.05) is 11.6 Å². The zero-order chi connectivity index (χ0) is 31.4. The van der Waals surface area contributed by atoms with Gasteiger partial charge in [0.2, 0.25) is 0 Å². The molecule has 8 heteroatoms. The molecule has 2 fully saturated rings. The van der Waals surface area contributed by atoms with E-state index in [2.05, 4.69) is 13.0 Å². The minimum atomic E-state index is -3.52. The van der Waals surface area contributed by atoms with Gasteiger partial charge in [0.15, 0.2) is 17.5 Å². The highest BCUT2D eigenvalue weighted by atomic mass is 19.3. The van der Waals surface area contributed by atoms with Crippen LogP contribution in [0.25, 0.3) is 11.1 Å². The summed E-state index contributed by atoms with van der Waals surface area (Å²) in [5, 5.41) is 0. The Kier molecular flexibility index (Phi) is 10.3. The van der Waals surface area contributed by atoms with Crippen LogP contribution < -0.4 is 4.74 Å². The Balaban J connectivity index is 1.12. The monoisotopic (exact) mass is 620 g/mol. The van der Waals surface area contributed by atoms with E-state index in [0.29, 0.717) is 36.8 Å². The Morgan fingerprint density at radius 2 is 1.32 bits per heavy atom. The largest absolute Gasteiger partial charge is 0.432 e. The smallest absolute Gasteiger partial charge is 0.400 e. The van der Waals surface area contributed by atoms with Crippen molar-refractivity contribution in [1.82, 2.24) is 0 Å². The van der Waals surface area contributed by atoms with Gasteiger partial charge in [-0.15, -0.1) is 0 Å². The molecule has 0 heterocycles. The van der Waals surface area contributed by atoms with Gasteiger partial charge >= 0.3 is 6.11 Å². The number of benzene rings is 3. The van der Waals surface area contributed by atoms with E-state index in [1.165, 1.54) is 0 Å².